The van der Waals surface area contributed by atoms with Crippen molar-refractivity contribution in [3.05, 3.63) is 35.9 Å². The molecule has 4 nitrogen and oxygen atoms in total. The Morgan fingerprint density at radius 1 is 1.25 bits per heavy atom. The molecule has 0 radical (unpaired) electrons. The van der Waals surface area contributed by atoms with E-state index in [0.29, 0.717) is 5.11 Å². The summed E-state index contributed by atoms with van der Waals surface area (Å²) in [6.07, 6.45) is 2.09. The number of hydrazone groups is 1. The molecule has 1 aliphatic rings. The second-order valence-electron chi connectivity index (χ2n) is 5.06. The first-order chi connectivity index (χ1) is 9.78. The second kappa shape index (κ2) is 7.97. The lowest BCUT2D eigenvalue weighted by Gasteiger charge is -2.24. The van der Waals surface area contributed by atoms with Crippen molar-refractivity contribution in [3.63, 3.8) is 0 Å². The lowest BCUT2D eigenvalue weighted by molar-refractivity contribution is -0.914. The van der Waals surface area contributed by atoms with E-state index in [1.165, 1.54) is 11.3 Å². The first-order valence-corrected chi connectivity index (χ1v) is 7.65. The van der Waals surface area contributed by atoms with Crippen LogP contribution in [0, 0.1) is 0 Å². The van der Waals surface area contributed by atoms with Gasteiger partial charge in [0.2, 0.25) is 0 Å². The molecule has 1 aromatic carbocycles. The van der Waals surface area contributed by atoms with E-state index in [1.54, 1.807) is 4.90 Å². The van der Waals surface area contributed by atoms with Gasteiger partial charge in [0.25, 0.3) is 0 Å². The van der Waals surface area contributed by atoms with Gasteiger partial charge in [-0.1, -0.05) is 30.3 Å². The van der Waals surface area contributed by atoms with Crippen LogP contribution in [0.5, 0.6) is 0 Å². The lowest BCUT2D eigenvalue weighted by Crippen LogP contribution is -3.11. The van der Waals surface area contributed by atoms with Crippen molar-refractivity contribution < 1.29 is 4.90 Å². The summed E-state index contributed by atoms with van der Waals surface area (Å²) in [5.41, 5.74) is 5.55. The van der Waals surface area contributed by atoms with Crippen LogP contribution in [-0.2, 0) is 6.54 Å². The van der Waals surface area contributed by atoms with E-state index in [4.69, 9.17) is 12.2 Å². The summed E-state index contributed by atoms with van der Waals surface area (Å²) < 4.78 is 0. The van der Waals surface area contributed by atoms with Gasteiger partial charge in [0, 0.05) is 30.7 Å². The van der Waals surface area contributed by atoms with Crippen molar-refractivity contribution >= 4 is 23.0 Å². The first-order valence-electron chi connectivity index (χ1n) is 7.24. The van der Waals surface area contributed by atoms with E-state index >= 15 is 0 Å². The third-order valence-electron chi connectivity index (χ3n) is 3.48. The average Bonchev–Trinajstić information content (AvgIpc) is 2.48. The van der Waals surface area contributed by atoms with Crippen molar-refractivity contribution in [1.82, 2.24) is 10.7 Å². The van der Waals surface area contributed by atoms with Gasteiger partial charge in [-0.2, -0.15) is 5.10 Å². The van der Waals surface area contributed by atoms with Crippen LogP contribution >= 0.6 is 12.2 Å². The molecule has 3 N–H and O–H groups in total. The number of hydrogen-bond donors (Lipinski definition) is 3. The highest BCUT2D eigenvalue weighted by atomic mass is 32.1. The average molecular weight is 291 g/mol. The van der Waals surface area contributed by atoms with Crippen LogP contribution < -0.4 is 15.6 Å². The normalized spacial score (nSPS) is 18.4. The van der Waals surface area contributed by atoms with Gasteiger partial charge in [-0.15, -0.1) is 0 Å². The van der Waals surface area contributed by atoms with Gasteiger partial charge >= 0.3 is 0 Å². The number of benzene rings is 1. The van der Waals surface area contributed by atoms with Crippen molar-refractivity contribution in [3.8, 4) is 0 Å². The fourth-order valence-corrected chi connectivity index (χ4v) is 2.59. The van der Waals surface area contributed by atoms with Crippen molar-refractivity contribution in [2.75, 3.05) is 19.6 Å². The topological polar surface area (TPSA) is 40.9 Å². The molecular formula is C15H23N4S+. The molecule has 1 heterocycles. The summed E-state index contributed by atoms with van der Waals surface area (Å²) in [5.74, 6) is 0. The standard InChI is InChI=1S/C15H22N4S/c1-2-16-15(20)18-17-14-8-10-19(11-9-14)12-13-6-4-3-5-7-13/h3-7H,2,8-12H2,1H3,(H2,16,18,20)/p+1. The fraction of sp³-hybridized carbons (Fsp3) is 0.467. The first kappa shape index (κ1) is 14.9. The molecule has 0 saturated carbocycles. The molecule has 0 aliphatic carbocycles. The largest absolute Gasteiger partial charge is 0.362 e. The van der Waals surface area contributed by atoms with Gasteiger partial charge in [0.05, 0.1) is 13.1 Å². The SMILES string of the molecule is CCNC(=S)NN=C1CC[NH+](Cc2ccccc2)CC1. The molecule has 0 aromatic heterocycles. The van der Waals surface area contributed by atoms with E-state index < -0.39 is 0 Å². The summed E-state index contributed by atoms with van der Waals surface area (Å²) in [7, 11) is 0. The molecule has 0 amide bonds. The summed E-state index contributed by atoms with van der Waals surface area (Å²) in [5, 5.41) is 8.04. The fourth-order valence-electron chi connectivity index (χ4n) is 2.40. The maximum Gasteiger partial charge on any atom is 0.186 e. The van der Waals surface area contributed by atoms with Gasteiger partial charge < -0.3 is 10.2 Å². The summed E-state index contributed by atoms with van der Waals surface area (Å²) in [6.45, 7) is 6.24. The van der Waals surface area contributed by atoms with E-state index in [1.807, 2.05) is 6.92 Å². The van der Waals surface area contributed by atoms with Gasteiger partial charge in [-0.3, -0.25) is 5.43 Å². The van der Waals surface area contributed by atoms with Crippen LogP contribution in [0.3, 0.4) is 0 Å². The van der Waals surface area contributed by atoms with Crippen molar-refractivity contribution in [1.29, 1.82) is 0 Å². The zero-order valence-corrected chi connectivity index (χ0v) is 12.8. The van der Waals surface area contributed by atoms with Crippen LogP contribution in [-0.4, -0.2) is 30.5 Å². The minimum atomic E-state index is 0.610. The van der Waals surface area contributed by atoms with E-state index in [0.717, 1.165) is 39.0 Å². The lowest BCUT2D eigenvalue weighted by atomic mass is 10.1. The van der Waals surface area contributed by atoms with E-state index in [9.17, 15) is 0 Å². The van der Waals surface area contributed by atoms with Gasteiger partial charge in [-0.25, -0.2) is 0 Å². The zero-order valence-electron chi connectivity index (χ0n) is 12.0. The molecule has 1 aromatic rings. The maximum absolute atomic E-state index is 5.10. The minimum Gasteiger partial charge on any atom is -0.362 e. The molecule has 108 valence electrons. The second-order valence-corrected chi connectivity index (χ2v) is 5.47. The molecule has 1 aliphatic heterocycles. The number of piperidine rings is 1. The highest BCUT2D eigenvalue weighted by Gasteiger charge is 2.18. The van der Waals surface area contributed by atoms with Crippen LogP contribution in [0.25, 0.3) is 0 Å². The van der Waals surface area contributed by atoms with Crippen LogP contribution in [0.2, 0.25) is 0 Å². The molecule has 1 saturated heterocycles. The smallest absolute Gasteiger partial charge is 0.186 e. The van der Waals surface area contributed by atoms with E-state index in [2.05, 4.69) is 46.2 Å². The Morgan fingerprint density at radius 2 is 1.95 bits per heavy atom. The highest BCUT2D eigenvalue weighted by molar-refractivity contribution is 7.80. The Morgan fingerprint density at radius 3 is 2.60 bits per heavy atom. The quantitative estimate of drug-likeness (QED) is 0.565. The number of rotatable bonds is 4. The summed E-state index contributed by atoms with van der Waals surface area (Å²) >= 11 is 5.10. The number of nitrogens with one attached hydrogen (secondary N) is 3. The van der Waals surface area contributed by atoms with Crippen LogP contribution in [0.15, 0.2) is 35.4 Å². The summed E-state index contributed by atoms with van der Waals surface area (Å²) in [4.78, 5) is 1.63. The van der Waals surface area contributed by atoms with Crippen molar-refractivity contribution in [2.45, 2.75) is 26.3 Å². The molecule has 5 heteroatoms. The number of thiocarbonyl (C=S) groups is 1. The predicted octanol–water partition coefficient (Wildman–Crippen LogP) is 0.705. The van der Waals surface area contributed by atoms with Crippen LogP contribution in [0.1, 0.15) is 25.3 Å². The van der Waals surface area contributed by atoms with Gasteiger partial charge in [0.15, 0.2) is 5.11 Å². The third kappa shape index (κ3) is 4.90. The number of nitrogens with zero attached hydrogens (tertiary/aromatic N) is 1. The Labute approximate surface area is 126 Å². The zero-order chi connectivity index (χ0) is 14.2. The summed E-state index contributed by atoms with van der Waals surface area (Å²) in [6, 6.07) is 10.7. The number of quaternary nitrogens is 1. The van der Waals surface area contributed by atoms with E-state index in [-0.39, 0.29) is 0 Å². The van der Waals surface area contributed by atoms with Crippen LogP contribution in [0.4, 0.5) is 0 Å². The maximum atomic E-state index is 5.10. The molecule has 0 bridgehead atoms. The molecule has 0 atom stereocenters. The van der Waals surface area contributed by atoms with Crippen molar-refractivity contribution in [2.24, 2.45) is 5.10 Å². The van der Waals surface area contributed by atoms with Gasteiger partial charge in [-0.05, 0) is 19.1 Å². The van der Waals surface area contributed by atoms with Gasteiger partial charge in [0.1, 0.15) is 6.54 Å². The third-order valence-corrected chi connectivity index (χ3v) is 3.72. The molecular weight excluding hydrogens is 268 g/mol. The Bertz CT molecular complexity index is 448. The minimum absolute atomic E-state index is 0.610. The molecule has 0 spiro atoms. The highest BCUT2D eigenvalue weighted by Crippen LogP contribution is 1.98. The number of hydrogen-bond acceptors (Lipinski definition) is 2. The molecule has 2 rings (SSSR count). The predicted molar refractivity (Wildman–Crippen MR) is 86.9 cm³/mol. The molecule has 20 heavy (non-hydrogen) atoms. The Kier molecular flexibility index (Phi) is 5.95. The Balaban J connectivity index is 1.75. The monoisotopic (exact) mass is 291 g/mol. The molecule has 0 unspecified atom stereocenters. The molecule has 1 fully saturated rings. The number of likely N-dealkylation sites (tertiary alicyclic amines) is 1. The Hall–Kier alpha value is -1.46.